The minimum atomic E-state index is -1.52. The van der Waals surface area contributed by atoms with E-state index in [1.54, 1.807) is 12.1 Å². The van der Waals surface area contributed by atoms with E-state index in [1.165, 1.54) is 4.90 Å². The molecule has 0 saturated carbocycles. The van der Waals surface area contributed by atoms with Gasteiger partial charge in [0.25, 0.3) is 11.8 Å². The van der Waals surface area contributed by atoms with Gasteiger partial charge in [-0.1, -0.05) is 29.5 Å². The van der Waals surface area contributed by atoms with Crippen molar-refractivity contribution in [3.05, 3.63) is 39.4 Å². The molecule has 0 unspecified atom stereocenters. The molecule has 0 bridgehead atoms. The van der Waals surface area contributed by atoms with Crippen LogP contribution in [0.1, 0.15) is 36.8 Å². The predicted molar refractivity (Wildman–Crippen MR) is 107 cm³/mol. The zero-order valence-corrected chi connectivity index (χ0v) is 16.4. The second kappa shape index (κ2) is 6.52. The lowest BCUT2D eigenvalue weighted by molar-refractivity contribution is -0.120. The van der Waals surface area contributed by atoms with Gasteiger partial charge in [-0.15, -0.1) is 0 Å². The van der Waals surface area contributed by atoms with Gasteiger partial charge in [0.15, 0.2) is 0 Å². The SMILES string of the molecule is C=P(C)(C)C#Cc1cc(N2C(=O)C3=C(CCCC3)C2=O)c(C)cc1Cl. The molecular formula is C20H21ClNO2P. The number of rotatable bonds is 1. The second-order valence-corrected chi connectivity index (χ2v) is 11.2. The van der Waals surface area contributed by atoms with Crippen molar-refractivity contribution in [2.75, 3.05) is 18.2 Å². The van der Waals surface area contributed by atoms with Gasteiger partial charge in [-0.25, -0.2) is 4.90 Å². The summed E-state index contributed by atoms with van der Waals surface area (Å²) in [5, 5.41) is 0.527. The lowest BCUT2D eigenvalue weighted by atomic mass is 9.93. The molecule has 0 atom stereocenters. The minimum absolute atomic E-state index is 0.186. The number of imide groups is 1. The molecule has 1 heterocycles. The van der Waals surface area contributed by atoms with Gasteiger partial charge in [-0.2, -0.15) is 0 Å². The van der Waals surface area contributed by atoms with Crippen LogP contribution >= 0.6 is 18.5 Å². The number of hydrogen-bond acceptors (Lipinski definition) is 2. The predicted octanol–water partition coefficient (Wildman–Crippen LogP) is 4.41. The molecule has 1 aromatic rings. The van der Waals surface area contributed by atoms with Crippen molar-refractivity contribution in [3.8, 4) is 11.6 Å². The van der Waals surface area contributed by atoms with Crippen molar-refractivity contribution >= 4 is 42.3 Å². The summed E-state index contributed by atoms with van der Waals surface area (Å²) in [6.45, 7) is 4.38. The maximum Gasteiger partial charge on any atom is 0.261 e. The van der Waals surface area contributed by atoms with E-state index in [4.69, 9.17) is 11.6 Å². The van der Waals surface area contributed by atoms with Crippen molar-refractivity contribution < 1.29 is 9.59 Å². The number of carbonyl (C=O) groups excluding carboxylic acids is 2. The van der Waals surface area contributed by atoms with Crippen LogP contribution in [-0.4, -0.2) is 31.4 Å². The Balaban J connectivity index is 2.06. The summed E-state index contributed by atoms with van der Waals surface area (Å²) in [6.07, 6.45) is 7.38. The van der Waals surface area contributed by atoms with Crippen molar-refractivity contribution in [1.82, 2.24) is 0 Å². The van der Waals surface area contributed by atoms with Gasteiger partial charge in [-0.05, 0) is 70.5 Å². The molecule has 3 nitrogen and oxygen atoms in total. The van der Waals surface area contributed by atoms with Crippen molar-refractivity contribution in [3.63, 3.8) is 0 Å². The topological polar surface area (TPSA) is 37.4 Å². The second-order valence-electron chi connectivity index (χ2n) is 7.15. The molecule has 3 rings (SSSR count). The number of carbonyl (C=O) groups is 2. The van der Waals surface area contributed by atoms with Crippen LogP contribution in [0.25, 0.3) is 0 Å². The first-order chi connectivity index (χ1) is 11.7. The standard InChI is InChI=1S/C20H21ClNO2P/c1-13-11-17(21)14(9-10-25(2,3)4)12-18(13)22-19(23)15-7-5-6-8-16(15)20(22)24/h11-12H,2,5-8H2,1,3-4H3. The summed E-state index contributed by atoms with van der Waals surface area (Å²) in [4.78, 5) is 26.9. The van der Waals surface area contributed by atoms with Crippen LogP contribution in [0.4, 0.5) is 5.69 Å². The third kappa shape index (κ3) is 3.47. The Labute approximate surface area is 154 Å². The van der Waals surface area contributed by atoms with Crippen LogP contribution in [0.2, 0.25) is 5.02 Å². The molecule has 130 valence electrons. The highest BCUT2D eigenvalue weighted by Gasteiger charge is 2.40. The van der Waals surface area contributed by atoms with Gasteiger partial charge in [-0.3, -0.25) is 9.59 Å². The van der Waals surface area contributed by atoms with E-state index in [-0.39, 0.29) is 11.8 Å². The van der Waals surface area contributed by atoms with E-state index in [2.05, 4.69) is 17.9 Å². The summed E-state index contributed by atoms with van der Waals surface area (Å²) in [5.41, 5.74) is 6.53. The molecule has 1 aliphatic heterocycles. The van der Waals surface area contributed by atoms with Crippen molar-refractivity contribution in [1.29, 1.82) is 0 Å². The molecule has 1 aliphatic carbocycles. The van der Waals surface area contributed by atoms with Gasteiger partial charge in [0.1, 0.15) is 0 Å². The number of amides is 2. The Bertz CT molecular complexity index is 899. The molecule has 0 spiro atoms. The van der Waals surface area contributed by atoms with E-state index in [1.807, 2.05) is 20.3 Å². The van der Waals surface area contributed by atoms with Crippen LogP contribution in [0.3, 0.4) is 0 Å². The summed E-state index contributed by atoms with van der Waals surface area (Å²) < 4.78 is 0. The molecule has 0 aromatic heterocycles. The van der Waals surface area contributed by atoms with Gasteiger partial charge >= 0.3 is 0 Å². The molecule has 2 amide bonds. The van der Waals surface area contributed by atoms with Crippen molar-refractivity contribution in [2.45, 2.75) is 32.6 Å². The van der Waals surface area contributed by atoms with Gasteiger partial charge < -0.3 is 0 Å². The lowest BCUT2D eigenvalue weighted by Gasteiger charge is -2.18. The largest absolute Gasteiger partial charge is 0.269 e. The average molecular weight is 374 g/mol. The molecule has 2 aliphatic rings. The van der Waals surface area contributed by atoms with E-state index in [0.29, 0.717) is 40.3 Å². The van der Waals surface area contributed by atoms with E-state index >= 15 is 0 Å². The summed E-state index contributed by atoms with van der Waals surface area (Å²) in [7, 11) is 0. The van der Waals surface area contributed by atoms with Crippen LogP contribution in [0.15, 0.2) is 23.3 Å². The minimum Gasteiger partial charge on any atom is -0.269 e. The van der Waals surface area contributed by atoms with Gasteiger partial charge in [0.2, 0.25) is 0 Å². The van der Waals surface area contributed by atoms with Gasteiger partial charge in [0.05, 0.1) is 10.7 Å². The maximum absolute atomic E-state index is 12.8. The third-order valence-electron chi connectivity index (χ3n) is 4.41. The molecule has 0 fully saturated rings. The molecule has 1 aromatic carbocycles. The average Bonchev–Trinajstić information content (AvgIpc) is 2.78. The lowest BCUT2D eigenvalue weighted by Crippen LogP contribution is -2.32. The zero-order chi connectivity index (χ0) is 18.4. The number of halogens is 1. The number of benzene rings is 1. The Kier molecular flexibility index (Phi) is 4.71. The van der Waals surface area contributed by atoms with E-state index < -0.39 is 6.89 Å². The first-order valence-corrected chi connectivity index (χ1v) is 11.6. The molecular weight excluding hydrogens is 353 g/mol. The highest BCUT2D eigenvalue weighted by Crippen LogP contribution is 2.38. The first kappa shape index (κ1) is 18.1. The first-order valence-electron chi connectivity index (χ1n) is 8.31. The highest BCUT2D eigenvalue weighted by atomic mass is 35.5. The normalized spacial score (nSPS) is 17.5. The van der Waals surface area contributed by atoms with Crippen molar-refractivity contribution in [2.24, 2.45) is 0 Å². The smallest absolute Gasteiger partial charge is 0.261 e. The maximum atomic E-state index is 12.8. The number of aryl methyl sites for hydroxylation is 1. The Morgan fingerprint density at radius 1 is 1.12 bits per heavy atom. The Morgan fingerprint density at radius 2 is 1.68 bits per heavy atom. The fourth-order valence-corrected chi connectivity index (χ4v) is 3.86. The third-order valence-corrected chi connectivity index (χ3v) is 5.44. The summed E-state index contributed by atoms with van der Waals surface area (Å²) >= 11 is 6.32. The summed E-state index contributed by atoms with van der Waals surface area (Å²) in [6, 6.07) is 3.53. The van der Waals surface area contributed by atoms with Crippen LogP contribution in [0, 0.1) is 18.5 Å². The fourth-order valence-electron chi connectivity index (χ4n) is 3.17. The number of anilines is 1. The quantitative estimate of drug-likeness (QED) is 0.415. The Hall–Kier alpha value is -1.75. The zero-order valence-electron chi connectivity index (χ0n) is 14.8. The number of nitrogens with zero attached hydrogens (tertiary/aromatic N) is 1. The van der Waals surface area contributed by atoms with Crippen LogP contribution in [0.5, 0.6) is 0 Å². The molecule has 0 radical (unpaired) electrons. The summed E-state index contributed by atoms with van der Waals surface area (Å²) in [5.74, 6) is 2.71. The Morgan fingerprint density at radius 3 is 2.20 bits per heavy atom. The number of hydrogen-bond donors (Lipinski definition) is 0. The molecule has 0 N–H and O–H groups in total. The monoisotopic (exact) mass is 373 g/mol. The molecule has 25 heavy (non-hydrogen) atoms. The molecule has 5 heteroatoms. The molecule has 0 saturated heterocycles. The van der Waals surface area contributed by atoms with Crippen LogP contribution < -0.4 is 4.90 Å². The van der Waals surface area contributed by atoms with Gasteiger partial charge in [0, 0.05) is 16.7 Å². The van der Waals surface area contributed by atoms with Crippen LogP contribution in [-0.2, 0) is 9.59 Å². The highest BCUT2D eigenvalue weighted by molar-refractivity contribution is 7.77. The van der Waals surface area contributed by atoms with E-state index in [0.717, 1.165) is 18.4 Å². The van der Waals surface area contributed by atoms with E-state index in [9.17, 15) is 9.59 Å². The fraction of sp³-hybridized carbons (Fsp3) is 0.350.